The number of anilines is 1. The fourth-order valence-electron chi connectivity index (χ4n) is 2.79. The number of aliphatic carboxylic acids is 1. The van der Waals surface area contributed by atoms with E-state index in [1.54, 1.807) is 0 Å². The molecule has 0 aliphatic heterocycles. The summed E-state index contributed by atoms with van der Waals surface area (Å²) in [4.78, 5) is 13.8. The summed E-state index contributed by atoms with van der Waals surface area (Å²) in [5, 5.41) is 12.7. The van der Waals surface area contributed by atoms with E-state index in [9.17, 15) is 9.90 Å². The van der Waals surface area contributed by atoms with Gasteiger partial charge < -0.3 is 15.3 Å². The number of hydrogen-bond donors (Lipinski definition) is 2. The van der Waals surface area contributed by atoms with Gasteiger partial charge in [0.25, 0.3) is 0 Å². The Balaban J connectivity index is 2.62. The van der Waals surface area contributed by atoms with Crippen molar-refractivity contribution in [2.75, 3.05) is 25.0 Å². The number of hydrogen-bond acceptors (Lipinski definition) is 3. The molecule has 0 fully saturated rings. The van der Waals surface area contributed by atoms with Gasteiger partial charge in [-0.1, -0.05) is 32.0 Å². The van der Waals surface area contributed by atoms with Crippen LogP contribution in [-0.2, 0) is 4.79 Å². The van der Waals surface area contributed by atoms with Crippen molar-refractivity contribution in [3.05, 3.63) is 29.8 Å². The largest absolute Gasteiger partial charge is 0.480 e. The van der Waals surface area contributed by atoms with Gasteiger partial charge in [0.15, 0.2) is 0 Å². The maximum atomic E-state index is 11.6. The van der Waals surface area contributed by atoms with Gasteiger partial charge in [-0.25, -0.2) is 0 Å². The van der Waals surface area contributed by atoms with Crippen LogP contribution in [0.2, 0.25) is 0 Å². The number of carboxylic acids is 1. The maximum Gasteiger partial charge on any atom is 0.323 e. The van der Waals surface area contributed by atoms with Crippen LogP contribution in [0.1, 0.15) is 38.7 Å². The summed E-state index contributed by atoms with van der Waals surface area (Å²) >= 11 is 0. The van der Waals surface area contributed by atoms with Crippen LogP contribution < -0.4 is 10.2 Å². The van der Waals surface area contributed by atoms with E-state index in [-0.39, 0.29) is 0 Å². The van der Waals surface area contributed by atoms with Crippen LogP contribution in [0.15, 0.2) is 24.3 Å². The van der Waals surface area contributed by atoms with Crippen LogP contribution in [0, 0.1) is 6.92 Å². The van der Waals surface area contributed by atoms with Crippen LogP contribution in [-0.4, -0.2) is 36.8 Å². The van der Waals surface area contributed by atoms with Gasteiger partial charge in [0.1, 0.15) is 5.54 Å². The highest BCUT2D eigenvalue weighted by Gasteiger charge is 2.34. The van der Waals surface area contributed by atoms with Crippen molar-refractivity contribution in [3.63, 3.8) is 0 Å². The summed E-state index contributed by atoms with van der Waals surface area (Å²) in [5.41, 5.74) is 1.66. The van der Waals surface area contributed by atoms with Gasteiger partial charge in [0.2, 0.25) is 0 Å². The first-order chi connectivity index (χ1) is 9.96. The van der Waals surface area contributed by atoms with Gasteiger partial charge in [-0.2, -0.15) is 0 Å². The van der Waals surface area contributed by atoms with E-state index in [0.717, 1.165) is 13.0 Å². The summed E-state index contributed by atoms with van der Waals surface area (Å²) in [7, 11) is 2.06. The number of aryl methyl sites for hydroxylation is 1. The SMILES string of the molecule is CCNC(CC)(CCCN(C)c1ccccc1C)C(=O)O. The second-order valence-electron chi connectivity index (χ2n) is 5.58. The molecule has 0 aliphatic rings. The van der Waals surface area contributed by atoms with E-state index in [1.165, 1.54) is 11.3 Å². The van der Waals surface area contributed by atoms with E-state index >= 15 is 0 Å². The van der Waals surface area contributed by atoms with Gasteiger partial charge in [0, 0.05) is 19.3 Å². The number of carbonyl (C=O) groups is 1. The van der Waals surface area contributed by atoms with Crippen LogP contribution >= 0.6 is 0 Å². The molecule has 2 N–H and O–H groups in total. The molecule has 4 nitrogen and oxygen atoms in total. The molecular weight excluding hydrogens is 264 g/mol. The average molecular weight is 292 g/mol. The quantitative estimate of drug-likeness (QED) is 0.734. The maximum absolute atomic E-state index is 11.6. The standard InChI is InChI=1S/C17H28N2O2/c1-5-17(16(20)21,18-6-2)12-9-13-19(4)15-11-8-7-10-14(15)3/h7-8,10-11,18H,5-6,9,12-13H2,1-4H3,(H,20,21). The molecule has 0 saturated carbocycles. The molecule has 1 aromatic rings. The highest BCUT2D eigenvalue weighted by atomic mass is 16.4. The van der Waals surface area contributed by atoms with Gasteiger partial charge in [-0.3, -0.25) is 4.79 Å². The molecule has 1 atom stereocenters. The molecule has 0 heterocycles. The molecule has 0 radical (unpaired) electrons. The van der Waals surface area contributed by atoms with Crippen molar-refractivity contribution in [1.29, 1.82) is 0 Å². The summed E-state index contributed by atoms with van der Waals surface area (Å²) in [6, 6.07) is 8.26. The molecule has 4 heteroatoms. The molecule has 1 unspecified atom stereocenters. The number of nitrogens with zero attached hydrogens (tertiary/aromatic N) is 1. The third kappa shape index (κ3) is 4.46. The Bertz CT molecular complexity index is 462. The highest BCUT2D eigenvalue weighted by Crippen LogP contribution is 2.21. The number of nitrogens with one attached hydrogen (secondary N) is 1. The fourth-order valence-corrected chi connectivity index (χ4v) is 2.79. The smallest absolute Gasteiger partial charge is 0.323 e. The summed E-state index contributed by atoms with van der Waals surface area (Å²) in [6.07, 6.45) is 2.09. The van der Waals surface area contributed by atoms with Crippen molar-refractivity contribution < 1.29 is 9.90 Å². The molecular formula is C17H28N2O2. The summed E-state index contributed by atoms with van der Waals surface area (Å²) in [5.74, 6) is -0.745. The van der Waals surface area contributed by atoms with Gasteiger partial charge >= 0.3 is 5.97 Å². The van der Waals surface area contributed by atoms with E-state index in [4.69, 9.17) is 0 Å². The molecule has 0 aliphatic carbocycles. The third-order valence-electron chi connectivity index (χ3n) is 4.15. The van der Waals surface area contributed by atoms with Crippen LogP contribution in [0.5, 0.6) is 0 Å². The summed E-state index contributed by atoms with van der Waals surface area (Å²) < 4.78 is 0. The van der Waals surface area contributed by atoms with Crippen molar-refractivity contribution in [1.82, 2.24) is 5.32 Å². The summed E-state index contributed by atoms with van der Waals surface area (Å²) in [6.45, 7) is 7.51. The topological polar surface area (TPSA) is 52.6 Å². The van der Waals surface area contributed by atoms with E-state index < -0.39 is 11.5 Å². The first-order valence-corrected chi connectivity index (χ1v) is 7.72. The molecule has 0 amide bonds. The molecule has 1 rings (SSSR count). The minimum absolute atomic E-state index is 0.601. The Morgan fingerprint density at radius 2 is 2.00 bits per heavy atom. The van der Waals surface area contributed by atoms with Gasteiger partial charge in [0.05, 0.1) is 0 Å². The number of para-hydroxylation sites is 1. The lowest BCUT2D eigenvalue weighted by molar-refractivity contribution is -0.145. The van der Waals surface area contributed by atoms with Crippen molar-refractivity contribution >= 4 is 11.7 Å². The molecule has 118 valence electrons. The second kappa shape index (κ2) is 8.03. The lowest BCUT2D eigenvalue weighted by atomic mass is 9.90. The fraction of sp³-hybridized carbons (Fsp3) is 0.588. The first-order valence-electron chi connectivity index (χ1n) is 7.72. The minimum atomic E-state index is -0.790. The zero-order valence-electron chi connectivity index (χ0n) is 13.6. The highest BCUT2D eigenvalue weighted by molar-refractivity contribution is 5.78. The third-order valence-corrected chi connectivity index (χ3v) is 4.15. The molecule has 0 bridgehead atoms. The molecule has 1 aromatic carbocycles. The zero-order valence-corrected chi connectivity index (χ0v) is 13.6. The van der Waals surface area contributed by atoms with E-state index in [0.29, 0.717) is 19.4 Å². The Morgan fingerprint density at radius 1 is 1.33 bits per heavy atom. The number of rotatable bonds is 9. The lowest BCUT2D eigenvalue weighted by Gasteiger charge is -2.30. The van der Waals surface area contributed by atoms with E-state index in [1.807, 2.05) is 26.0 Å². The predicted molar refractivity (Wildman–Crippen MR) is 88.0 cm³/mol. The number of benzene rings is 1. The number of likely N-dealkylation sites (N-methyl/N-ethyl adjacent to an activating group) is 1. The predicted octanol–water partition coefficient (Wildman–Crippen LogP) is 3.05. The van der Waals surface area contributed by atoms with Gasteiger partial charge in [-0.05, 0) is 44.4 Å². The van der Waals surface area contributed by atoms with Crippen LogP contribution in [0.25, 0.3) is 0 Å². The first kappa shape index (κ1) is 17.5. The Hall–Kier alpha value is -1.55. The Morgan fingerprint density at radius 3 is 2.52 bits per heavy atom. The molecule has 21 heavy (non-hydrogen) atoms. The molecule has 0 saturated heterocycles. The van der Waals surface area contributed by atoms with Crippen molar-refractivity contribution in [2.24, 2.45) is 0 Å². The number of carboxylic acid groups (broad SMARTS) is 1. The van der Waals surface area contributed by atoms with Crippen LogP contribution in [0.3, 0.4) is 0 Å². The lowest BCUT2D eigenvalue weighted by Crippen LogP contribution is -2.51. The van der Waals surface area contributed by atoms with Crippen molar-refractivity contribution in [2.45, 2.75) is 45.6 Å². The van der Waals surface area contributed by atoms with Crippen LogP contribution in [0.4, 0.5) is 5.69 Å². The molecule has 0 aromatic heterocycles. The van der Waals surface area contributed by atoms with Crippen molar-refractivity contribution in [3.8, 4) is 0 Å². The normalized spacial score (nSPS) is 13.7. The van der Waals surface area contributed by atoms with E-state index in [2.05, 4.69) is 36.3 Å². The zero-order chi connectivity index (χ0) is 15.9. The molecule has 0 spiro atoms. The average Bonchev–Trinajstić information content (AvgIpc) is 2.46. The Labute approximate surface area is 128 Å². The Kier molecular flexibility index (Phi) is 6.69. The second-order valence-corrected chi connectivity index (χ2v) is 5.58. The monoisotopic (exact) mass is 292 g/mol. The minimum Gasteiger partial charge on any atom is -0.480 e. The van der Waals surface area contributed by atoms with Gasteiger partial charge in [-0.15, -0.1) is 0 Å².